The summed E-state index contributed by atoms with van der Waals surface area (Å²) in [6.07, 6.45) is 0. The zero-order valence-electron chi connectivity index (χ0n) is 29.7. The molecular formula is C40H52O4P2. The van der Waals surface area contributed by atoms with E-state index in [2.05, 4.69) is 107 Å². The number of benzene rings is 4. The van der Waals surface area contributed by atoms with Gasteiger partial charge in [-0.2, -0.15) is 0 Å². The maximum Gasteiger partial charge on any atom is 0.262 e. The molecule has 4 aromatic carbocycles. The highest BCUT2D eigenvalue weighted by atomic mass is 31.2. The molecular weight excluding hydrogens is 606 g/mol. The highest BCUT2D eigenvalue weighted by molar-refractivity contribution is 7.55. The minimum atomic E-state index is -1.84. The van der Waals surface area contributed by atoms with E-state index in [0.717, 1.165) is 44.4 Å². The molecule has 6 heteroatoms. The van der Waals surface area contributed by atoms with Crippen molar-refractivity contribution in [3.8, 4) is 22.6 Å². The Kier molecular flexibility index (Phi) is 10.5. The molecule has 0 saturated heterocycles. The molecule has 2 atom stereocenters. The van der Waals surface area contributed by atoms with Crippen LogP contribution in [0.4, 0.5) is 0 Å². The Morgan fingerprint density at radius 1 is 0.413 bits per heavy atom. The van der Waals surface area contributed by atoms with Gasteiger partial charge >= 0.3 is 0 Å². The molecule has 0 aromatic heterocycles. The third-order valence-corrected chi connectivity index (χ3v) is 10.4. The maximum atomic E-state index is 11.1. The van der Waals surface area contributed by atoms with E-state index in [9.17, 15) is 9.79 Å². The van der Waals surface area contributed by atoms with Crippen molar-refractivity contribution in [2.45, 2.75) is 105 Å². The summed E-state index contributed by atoms with van der Waals surface area (Å²) in [5.41, 5.74) is 6.47. The molecule has 0 aliphatic carbocycles. The van der Waals surface area contributed by atoms with Gasteiger partial charge in [0.05, 0.1) is 0 Å². The van der Waals surface area contributed by atoms with Gasteiger partial charge in [0, 0.05) is 21.7 Å². The average molecular weight is 659 g/mol. The molecule has 4 rings (SSSR count). The van der Waals surface area contributed by atoms with Crippen LogP contribution in [0.25, 0.3) is 11.1 Å². The van der Waals surface area contributed by atoms with Crippen LogP contribution in [-0.4, -0.2) is 9.79 Å². The van der Waals surface area contributed by atoms with E-state index < -0.39 is 16.8 Å². The predicted octanol–water partition coefficient (Wildman–Crippen LogP) is 10.6. The minimum Gasteiger partial charge on any atom is -0.444 e. The Morgan fingerprint density at radius 2 is 0.717 bits per heavy atom. The molecule has 0 radical (unpaired) electrons. The van der Waals surface area contributed by atoms with Crippen molar-refractivity contribution in [1.82, 2.24) is 0 Å². The summed E-state index contributed by atoms with van der Waals surface area (Å²) in [5.74, 6) is 1.44. The lowest BCUT2D eigenvalue weighted by atomic mass is 9.80. The van der Waals surface area contributed by atoms with Crippen LogP contribution in [0.15, 0.2) is 84.9 Å². The second kappa shape index (κ2) is 13.4. The summed E-state index contributed by atoms with van der Waals surface area (Å²) >= 11 is 0. The molecule has 0 aliphatic rings. The van der Waals surface area contributed by atoms with Crippen LogP contribution in [-0.2, 0) is 21.7 Å². The molecule has 0 heterocycles. The summed E-state index contributed by atoms with van der Waals surface area (Å²) in [4.78, 5) is 22.2. The molecule has 2 unspecified atom stereocenters. The third-order valence-electron chi connectivity index (χ3n) is 8.19. The summed E-state index contributed by atoms with van der Waals surface area (Å²) in [6, 6.07) is 28.3. The van der Waals surface area contributed by atoms with E-state index in [0.29, 0.717) is 0 Å². The normalized spacial score (nSPS) is 14.1. The van der Waals surface area contributed by atoms with Crippen molar-refractivity contribution in [3.63, 3.8) is 0 Å². The van der Waals surface area contributed by atoms with Gasteiger partial charge in [-0.15, -0.1) is 0 Å². The molecule has 2 N–H and O–H groups in total. The lowest BCUT2D eigenvalue weighted by Crippen LogP contribution is -2.17. The SMILES string of the molecule is CC(C)(C)c1ccc(OP(O)c2ccc(-c3ccc(P(O)Oc4ccc(C(C)(C)C)cc4C(C)(C)C)cc3)cc2)c(C(C)(C)C)c1. The van der Waals surface area contributed by atoms with Crippen molar-refractivity contribution in [2.24, 2.45) is 0 Å². The number of hydrogen-bond donors (Lipinski definition) is 2. The van der Waals surface area contributed by atoms with Gasteiger partial charge in [-0.05, 0) is 80.3 Å². The third kappa shape index (κ3) is 8.78. The Labute approximate surface area is 280 Å². The van der Waals surface area contributed by atoms with E-state index in [1.54, 1.807) is 0 Å². The fraction of sp³-hybridized carbons (Fsp3) is 0.400. The van der Waals surface area contributed by atoms with Crippen molar-refractivity contribution < 1.29 is 18.8 Å². The molecule has 0 saturated carbocycles. The fourth-order valence-corrected chi connectivity index (χ4v) is 6.89. The Bertz CT molecular complexity index is 1510. The first kappa shape index (κ1) is 36.1. The monoisotopic (exact) mass is 658 g/mol. The molecule has 4 nitrogen and oxygen atoms in total. The molecule has 0 fully saturated rings. The fourth-order valence-electron chi connectivity index (χ4n) is 5.18. The van der Waals surface area contributed by atoms with Crippen LogP contribution < -0.4 is 19.7 Å². The van der Waals surface area contributed by atoms with Gasteiger partial charge in [0.15, 0.2) is 0 Å². The highest BCUT2D eigenvalue weighted by Crippen LogP contribution is 2.43. The summed E-state index contributed by atoms with van der Waals surface area (Å²) in [7, 11) is -3.68. The first-order chi connectivity index (χ1) is 21.1. The Hall–Kier alpha value is -2.74. The van der Waals surface area contributed by atoms with Crippen LogP contribution in [0.5, 0.6) is 11.5 Å². The summed E-state index contributed by atoms with van der Waals surface area (Å²) in [5, 5.41) is 1.49. The van der Waals surface area contributed by atoms with Gasteiger partial charge in [-0.25, -0.2) is 0 Å². The minimum absolute atomic E-state index is 0.0246. The quantitative estimate of drug-likeness (QED) is 0.194. The van der Waals surface area contributed by atoms with Gasteiger partial charge in [0.25, 0.3) is 16.8 Å². The highest BCUT2D eigenvalue weighted by Gasteiger charge is 2.26. The van der Waals surface area contributed by atoms with Crippen LogP contribution >= 0.6 is 16.8 Å². The van der Waals surface area contributed by atoms with Gasteiger partial charge < -0.3 is 18.8 Å². The van der Waals surface area contributed by atoms with Gasteiger partial charge in [0.2, 0.25) is 0 Å². The van der Waals surface area contributed by atoms with Crippen LogP contribution in [0.2, 0.25) is 0 Å². The largest absolute Gasteiger partial charge is 0.444 e. The lowest BCUT2D eigenvalue weighted by Gasteiger charge is -2.28. The topological polar surface area (TPSA) is 58.9 Å². The average Bonchev–Trinajstić information content (AvgIpc) is 2.95. The summed E-state index contributed by atoms with van der Waals surface area (Å²) in [6.45, 7) is 26.2. The molecule has 0 bridgehead atoms. The van der Waals surface area contributed by atoms with Crippen molar-refractivity contribution >= 4 is 27.4 Å². The number of hydrogen-bond acceptors (Lipinski definition) is 4. The Balaban J connectivity index is 1.48. The van der Waals surface area contributed by atoms with E-state index in [4.69, 9.17) is 9.05 Å². The molecule has 46 heavy (non-hydrogen) atoms. The predicted molar refractivity (Wildman–Crippen MR) is 198 cm³/mol. The zero-order chi connectivity index (χ0) is 34.2. The standard InChI is InChI=1S/C40H52O4P2/c1-37(2,3)29-17-23-35(33(25-29)39(7,8)9)43-45(41)31-19-13-27(14-20-31)28-15-21-32(22-16-28)46(42)44-36-24-18-30(38(4,5)6)26-34(36)40(10,11)12/h13-26,41-42H,1-12H3. The zero-order valence-corrected chi connectivity index (χ0v) is 31.5. The number of rotatable bonds is 7. The van der Waals surface area contributed by atoms with Gasteiger partial charge in [-0.1, -0.05) is 132 Å². The van der Waals surface area contributed by atoms with E-state index in [1.165, 1.54) is 11.1 Å². The smallest absolute Gasteiger partial charge is 0.262 e. The van der Waals surface area contributed by atoms with Crippen LogP contribution in [0.1, 0.15) is 105 Å². The van der Waals surface area contributed by atoms with E-state index >= 15 is 0 Å². The molecule has 4 aromatic rings. The second-order valence-electron chi connectivity index (χ2n) is 16.2. The van der Waals surface area contributed by atoms with Crippen molar-refractivity contribution in [2.75, 3.05) is 0 Å². The van der Waals surface area contributed by atoms with Crippen LogP contribution in [0.3, 0.4) is 0 Å². The maximum absolute atomic E-state index is 11.1. The molecule has 246 valence electrons. The molecule has 0 amide bonds. The first-order valence-corrected chi connectivity index (χ1v) is 18.4. The Morgan fingerprint density at radius 3 is 0.978 bits per heavy atom. The lowest BCUT2D eigenvalue weighted by molar-refractivity contribution is 0.476. The van der Waals surface area contributed by atoms with Crippen LogP contribution in [0, 0.1) is 0 Å². The second-order valence-corrected chi connectivity index (χ2v) is 18.7. The van der Waals surface area contributed by atoms with Gasteiger partial charge in [-0.3, -0.25) is 0 Å². The van der Waals surface area contributed by atoms with E-state index in [1.807, 2.05) is 60.7 Å². The first-order valence-electron chi connectivity index (χ1n) is 16.0. The van der Waals surface area contributed by atoms with Crippen molar-refractivity contribution in [3.05, 3.63) is 107 Å². The molecule has 0 spiro atoms. The molecule has 0 aliphatic heterocycles. The van der Waals surface area contributed by atoms with Crippen molar-refractivity contribution in [1.29, 1.82) is 0 Å². The van der Waals surface area contributed by atoms with Gasteiger partial charge in [0.1, 0.15) is 11.5 Å². The van der Waals surface area contributed by atoms with E-state index in [-0.39, 0.29) is 21.7 Å². The summed E-state index contributed by atoms with van der Waals surface area (Å²) < 4.78 is 12.4.